The molecule has 4 rings (SSSR count). The van der Waals surface area contributed by atoms with Gasteiger partial charge in [0.2, 0.25) is 21.8 Å². The second-order valence-electron chi connectivity index (χ2n) is 7.06. The standard InChI is InChI=1S/C20H20ClN3O3S/c1-13-3-4-14(2)18(11-13)28(25,26)24(17-9-10-17)12-19-22-23-20(27-19)15-5-7-16(21)8-6-15/h3-8,11,17H,9-10,12H2,1-2H3. The molecule has 1 aliphatic carbocycles. The van der Waals surface area contributed by atoms with Gasteiger partial charge in [0.25, 0.3) is 0 Å². The highest BCUT2D eigenvalue weighted by molar-refractivity contribution is 7.89. The molecule has 146 valence electrons. The normalized spacial score (nSPS) is 14.6. The number of rotatable bonds is 6. The predicted molar refractivity (Wildman–Crippen MR) is 106 cm³/mol. The Morgan fingerprint density at radius 3 is 2.50 bits per heavy atom. The van der Waals surface area contributed by atoms with Crippen molar-refractivity contribution in [2.24, 2.45) is 0 Å². The summed E-state index contributed by atoms with van der Waals surface area (Å²) >= 11 is 5.91. The van der Waals surface area contributed by atoms with Gasteiger partial charge < -0.3 is 4.42 Å². The van der Waals surface area contributed by atoms with Crippen molar-refractivity contribution in [2.45, 2.75) is 44.2 Å². The SMILES string of the molecule is Cc1ccc(C)c(S(=O)(=O)N(Cc2nnc(-c3ccc(Cl)cc3)o2)C2CC2)c1. The first-order valence-electron chi connectivity index (χ1n) is 9.02. The summed E-state index contributed by atoms with van der Waals surface area (Å²) in [7, 11) is -3.66. The smallest absolute Gasteiger partial charge is 0.247 e. The average molecular weight is 418 g/mol. The van der Waals surface area contributed by atoms with Crippen LogP contribution in [0, 0.1) is 13.8 Å². The topological polar surface area (TPSA) is 76.3 Å². The zero-order chi connectivity index (χ0) is 19.9. The molecule has 2 aromatic carbocycles. The monoisotopic (exact) mass is 417 g/mol. The number of aromatic nitrogens is 2. The summed E-state index contributed by atoms with van der Waals surface area (Å²) in [5, 5.41) is 8.72. The van der Waals surface area contributed by atoms with E-state index in [1.807, 2.05) is 26.0 Å². The van der Waals surface area contributed by atoms with E-state index in [-0.39, 0.29) is 18.5 Å². The Hall–Kier alpha value is -2.22. The van der Waals surface area contributed by atoms with E-state index in [1.165, 1.54) is 4.31 Å². The molecular formula is C20H20ClN3O3S. The third-order valence-electron chi connectivity index (χ3n) is 4.73. The maximum atomic E-state index is 13.3. The number of sulfonamides is 1. The highest BCUT2D eigenvalue weighted by atomic mass is 35.5. The molecule has 1 aromatic heterocycles. The quantitative estimate of drug-likeness (QED) is 0.595. The van der Waals surface area contributed by atoms with Crippen LogP contribution in [0.4, 0.5) is 0 Å². The maximum Gasteiger partial charge on any atom is 0.247 e. The van der Waals surface area contributed by atoms with E-state index in [4.69, 9.17) is 16.0 Å². The number of nitrogens with zero attached hydrogens (tertiary/aromatic N) is 3. The van der Waals surface area contributed by atoms with Crippen molar-refractivity contribution in [1.29, 1.82) is 0 Å². The highest BCUT2D eigenvalue weighted by Crippen LogP contribution is 2.34. The molecule has 0 bridgehead atoms. The summed E-state index contributed by atoms with van der Waals surface area (Å²) < 4.78 is 33.9. The van der Waals surface area contributed by atoms with Gasteiger partial charge in [-0.3, -0.25) is 0 Å². The summed E-state index contributed by atoms with van der Waals surface area (Å²) in [6, 6.07) is 12.5. The Morgan fingerprint density at radius 2 is 1.82 bits per heavy atom. The van der Waals surface area contributed by atoms with E-state index in [0.29, 0.717) is 15.8 Å². The van der Waals surface area contributed by atoms with E-state index >= 15 is 0 Å². The lowest BCUT2D eigenvalue weighted by Gasteiger charge is -2.21. The van der Waals surface area contributed by atoms with Crippen molar-refractivity contribution in [2.75, 3.05) is 0 Å². The van der Waals surface area contributed by atoms with Gasteiger partial charge in [-0.1, -0.05) is 23.7 Å². The molecule has 1 heterocycles. The second-order valence-corrected chi connectivity index (χ2v) is 9.35. The van der Waals surface area contributed by atoms with Crippen molar-refractivity contribution in [3.63, 3.8) is 0 Å². The van der Waals surface area contributed by atoms with Crippen LogP contribution in [0.5, 0.6) is 0 Å². The summed E-state index contributed by atoms with van der Waals surface area (Å²) in [6.45, 7) is 3.75. The summed E-state index contributed by atoms with van der Waals surface area (Å²) in [5.41, 5.74) is 2.37. The molecule has 0 amide bonds. The molecule has 0 saturated heterocycles. The number of hydrogen-bond acceptors (Lipinski definition) is 5. The Morgan fingerprint density at radius 1 is 1.11 bits per heavy atom. The molecular weight excluding hydrogens is 398 g/mol. The van der Waals surface area contributed by atoms with Gasteiger partial charge in [0.05, 0.1) is 11.4 Å². The lowest BCUT2D eigenvalue weighted by molar-refractivity contribution is 0.351. The molecule has 0 radical (unpaired) electrons. The number of aryl methyl sites for hydroxylation is 2. The fourth-order valence-corrected chi connectivity index (χ4v) is 5.12. The zero-order valence-corrected chi connectivity index (χ0v) is 17.2. The molecule has 3 aromatic rings. The molecule has 1 fully saturated rings. The fourth-order valence-electron chi connectivity index (χ4n) is 3.04. The third-order valence-corrected chi connectivity index (χ3v) is 7.03. The first-order chi connectivity index (χ1) is 13.3. The molecule has 0 N–H and O–H groups in total. The van der Waals surface area contributed by atoms with Crippen molar-refractivity contribution in [3.8, 4) is 11.5 Å². The molecule has 0 aliphatic heterocycles. The molecule has 8 heteroatoms. The first kappa shape index (κ1) is 19.1. The van der Waals surface area contributed by atoms with Crippen molar-refractivity contribution >= 4 is 21.6 Å². The molecule has 1 saturated carbocycles. The maximum absolute atomic E-state index is 13.3. The Labute approximate surface area is 169 Å². The molecule has 1 aliphatic rings. The van der Waals surface area contributed by atoms with Crippen LogP contribution in [-0.4, -0.2) is 29.0 Å². The largest absolute Gasteiger partial charge is 0.419 e. The predicted octanol–water partition coefficient (Wildman–Crippen LogP) is 4.36. The Balaban J connectivity index is 1.63. The lowest BCUT2D eigenvalue weighted by Crippen LogP contribution is -2.33. The van der Waals surface area contributed by atoms with Gasteiger partial charge >= 0.3 is 0 Å². The molecule has 0 spiro atoms. The minimum atomic E-state index is -3.66. The minimum Gasteiger partial charge on any atom is -0.419 e. The van der Waals surface area contributed by atoms with Crippen LogP contribution in [0.25, 0.3) is 11.5 Å². The Kier molecular flexibility index (Phi) is 4.99. The Bertz CT molecular complexity index is 1110. The first-order valence-corrected chi connectivity index (χ1v) is 10.8. The van der Waals surface area contributed by atoms with Gasteiger partial charge in [0, 0.05) is 16.6 Å². The van der Waals surface area contributed by atoms with E-state index in [1.54, 1.807) is 30.3 Å². The highest BCUT2D eigenvalue weighted by Gasteiger charge is 2.39. The van der Waals surface area contributed by atoms with E-state index in [2.05, 4.69) is 10.2 Å². The fraction of sp³-hybridized carbons (Fsp3) is 0.300. The van der Waals surface area contributed by atoms with Crippen molar-refractivity contribution in [3.05, 3.63) is 64.5 Å². The molecule has 0 atom stereocenters. The van der Waals surface area contributed by atoms with Gasteiger partial charge in [-0.2, -0.15) is 4.31 Å². The summed E-state index contributed by atoms with van der Waals surface area (Å²) in [5.74, 6) is 0.609. The average Bonchev–Trinajstić information content (AvgIpc) is 3.39. The van der Waals surface area contributed by atoms with Crippen LogP contribution in [-0.2, 0) is 16.6 Å². The van der Waals surface area contributed by atoms with Gasteiger partial charge in [0.1, 0.15) is 0 Å². The van der Waals surface area contributed by atoms with Crippen LogP contribution >= 0.6 is 11.6 Å². The molecule has 28 heavy (non-hydrogen) atoms. The molecule has 6 nitrogen and oxygen atoms in total. The van der Waals surface area contributed by atoms with E-state index < -0.39 is 10.0 Å². The van der Waals surface area contributed by atoms with Crippen LogP contribution in [0.3, 0.4) is 0 Å². The third kappa shape index (κ3) is 3.83. The van der Waals surface area contributed by atoms with Crippen LogP contribution in [0.2, 0.25) is 5.02 Å². The van der Waals surface area contributed by atoms with Crippen LogP contribution in [0.15, 0.2) is 51.8 Å². The van der Waals surface area contributed by atoms with Gasteiger partial charge in [-0.15, -0.1) is 10.2 Å². The zero-order valence-electron chi connectivity index (χ0n) is 15.6. The number of benzene rings is 2. The lowest BCUT2D eigenvalue weighted by atomic mass is 10.2. The summed E-state index contributed by atoms with van der Waals surface area (Å²) in [6.07, 6.45) is 1.67. The van der Waals surface area contributed by atoms with Gasteiger partial charge in [-0.05, 0) is 68.1 Å². The van der Waals surface area contributed by atoms with Crippen molar-refractivity contribution in [1.82, 2.24) is 14.5 Å². The van der Waals surface area contributed by atoms with Crippen LogP contribution < -0.4 is 0 Å². The summed E-state index contributed by atoms with van der Waals surface area (Å²) in [4.78, 5) is 0.330. The van der Waals surface area contributed by atoms with E-state index in [0.717, 1.165) is 29.5 Å². The second kappa shape index (κ2) is 7.31. The number of hydrogen-bond donors (Lipinski definition) is 0. The molecule has 0 unspecified atom stereocenters. The minimum absolute atomic E-state index is 0.0317. The number of halogens is 1. The van der Waals surface area contributed by atoms with Crippen LogP contribution in [0.1, 0.15) is 29.9 Å². The van der Waals surface area contributed by atoms with E-state index in [9.17, 15) is 8.42 Å². The van der Waals surface area contributed by atoms with Crippen molar-refractivity contribution < 1.29 is 12.8 Å². The van der Waals surface area contributed by atoms with Gasteiger partial charge in [0.15, 0.2) is 0 Å². The van der Waals surface area contributed by atoms with Gasteiger partial charge in [-0.25, -0.2) is 8.42 Å².